The predicted octanol–water partition coefficient (Wildman–Crippen LogP) is 3.05. The molecule has 0 fully saturated rings. The van der Waals surface area contributed by atoms with Crippen LogP contribution in [0.2, 0.25) is 0 Å². The number of ether oxygens (including phenoxy) is 2. The molecule has 22 heavy (non-hydrogen) atoms. The fourth-order valence-corrected chi connectivity index (χ4v) is 1.73. The number of nitrogens with one attached hydrogen (secondary N) is 2. The van der Waals surface area contributed by atoms with Crippen LogP contribution in [0.3, 0.4) is 0 Å². The van der Waals surface area contributed by atoms with Gasteiger partial charge in [-0.3, -0.25) is 4.99 Å². The maximum Gasteiger partial charge on any atom is 0.191 e. The van der Waals surface area contributed by atoms with Crippen LogP contribution in [-0.2, 0) is 0 Å². The molecule has 0 radical (unpaired) electrons. The largest absolute Gasteiger partial charge is 0.497 e. The topological polar surface area (TPSA) is 54.9 Å². The van der Waals surface area contributed by atoms with Gasteiger partial charge in [-0.1, -0.05) is 13.0 Å². The quantitative estimate of drug-likeness (QED) is 0.279. The molecule has 0 heterocycles. The van der Waals surface area contributed by atoms with Gasteiger partial charge in [-0.2, -0.15) is 0 Å². The minimum Gasteiger partial charge on any atom is -0.497 e. The van der Waals surface area contributed by atoms with Gasteiger partial charge in [0.1, 0.15) is 11.5 Å². The summed E-state index contributed by atoms with van der Waals surface area (Å²) in [4.78, 5) is 4.45. The van der Waals surface area contributed by atoms with Crippen molar-refractivity contribution in [3.05, 3.63) is 24.3 Å². The number of hydrogen-bond donors (Lipinski definition) is 2. The smallest absolute Gasteiger partial charge is 0.191 e. The Kier molecular flexibility index (Phi) is 12.8. The van der Waals surface area contributed by atoms with E-state index in [1.165, 1.54) is 0 Å². The molecule has 0 amide bonds. The molecule has 6 heteroatoms. The monoisotopic (exact) mass is 421 g/mol. The maximum absolute atomic E-state index is 5.69. The van der Waals surface area contributed by atoms with Crippen LogP contribution in [0.15, 0.2) is 29.3 Å². The fraction of sp³-hybridized carbons (Fsp3) is 0.562. The van der Waals surface area contributed by atoms with E-state index in [1.807, 2.05) is 24.3 Å². The van der Waals surface area contributed by atoms with Gasteiger partial charge in [0.05, 0.1) is 13.7 Å². The average Bonchev–Trinajstić information content (AvgIpc) is 2.52. The molecule has 1 rings (SSSR count). The highest BCUT2D eigenvalue weighted by Gasteiger charge is 1.98. The van der Waals surface area contributed by atoms with Crippen LogP contribution in [-0.4, -0.2) is 39.3 Å². The number of methoxy groups -OCH3 is 1. The third-order valence-corrected chi connectivity index (χ3v) is 2.76. The third kappa shape index (κ3) is 8.96. The number of guanidine groups is 1. The fourth-order valence-electron chi connectivity index (χ4n) is 1.73. The van der Waals surface area contributed by atoms with Crippen molar-refractivity contribution in [1.82, 2.24) is 10.6 Å². The van der Waals surface area contributed by atoms with E-state index in [1.54, 1.807) is 7.11 Å². The molecule has 0 aliphatic carbocycles. The number of halogens is 1. The van der Waals surface area contributed by atoms with E-state index >= 15 is 0 Å². The number of nitrogens with zero attached hydrogens (tertiary/aromatic N) is 1. The molecule has 2 N–H and O–H groups in total. The summed E-state index contributed by atoms with van der Waals surface area (Å²) in [6.45, 7) is 7.39. The molecular weight excluding hydrogens is 393 g/mol. The molecule has 0 saturated heterocycles. The summed E-state index contributed by atoms with van der Waals surface area (Å²) in [6, 6.07) is 7.65. The van der Waals surface area contributed by atoms with Gasteiger partial charge in [-0.05, 0) is 31.9 Å². The highest BCUT2D eigenvalue weighted by Crippen LogP contribution is 2.18. The van der Waals surface area contributed by atoms with Gasteiger partial charge in [0.25, 0.3) is 0 Å². The van der Waals surface area contributed by atoms with E-state index < -0.39 is 0 Å². The molecule has 0 bridgehead atoms. The minimum absolute atomic E-state index is 0. The summed E-state index contributed by atoms with van der Waals surface area (Å²) >= 11 is 0. The van der Waals surface area contributed by atoms with Crippen molar-refractivity contribution in [2.75, 3.05) is 33.4 Å². The van der Waals surface area contributed by atoms with E-state index in [2.05, 4.69) is 29.5 Å². The first-order chi connectivity index (χ1) is 10.3. The van der Waals surface area contributed by atoms with Crippen LogP contribution in [0.25, 0.3) is 0 Å². The van der Waals surface area contributed by atoms with Crippen molar-refractivity contribution < 1.29 is 9.47 Å². The van der Waals surface area contributed by atoms with E-state index in [4.69, 9.17) is 9.47 Å². The summed E-state index contributed by atoms with van der Waals surface area (Å²) in [5, 5.41) is 6.52. The Labute approximate surface area is 150 Å². The zero-order chi connectivity index (χ0) is 15.3. The third-order valence-electron chi connectivity index (χ3n) is 2.76. The lowest BCUT2D eigenvalue weighted by atomic mass is 10.3. The molecule has 0 saturated carbocycles. The van der Waals surface area contributed by atoms with Gasteiger partial charge in [0, 0.05) is 25.7 Å². The van der Waals surface area contributed by atoms with Gasteiger partial charge in [0.2, 0.25) is 0 Å². The average molecular weight is 421 g/mol. The molecule has 0 spiro atoms. The van der Waals surface area contributed by atoms with Crippen LogP contribution >= 0.6 is 24.0 Å². The Balaban J connectivity index is 0.00000441. The highest BCUT2D eigenvalue weighted by molar-refractivity contribution is 14.0. The Morgan fingerprint density at radius 1 is 1.18 bits per heavy atom. The maximum atomic E-state index is 5.69. The zero-order valence-electron chi connectivity index (χ0n) is 13.7. The lowest BCUT2D eigenvalue weighted by Crippen LogP contribution is -2.38. The predicted molar refractivity (Wildman–Crippen MR) is 103 cm³/mol. The molecule has 1 aromatic carbocycles. The molecule has 1 aromatic rings. The van der Waals surface area contributed by atoms with Gasteiger partial charge in [-0.15, -0.1) is 24.0 Å². The molecule has 0 atom stereocenters. The molecule has 0 aliphatic heterocycles. The summed E-state index contributed by atoms with van der Waals surface area (Å²) in [5.74, 6) is 2.52. The van der Waals surface area contributed by atoms with Crippen LogP contribution in [0.5, 0.6) is 11.5 Å². The standard InChI is InChI=1S/C16H27N3O2.HI/c1-4-10-18-16(17-5-2)19-11-7-12-21-15-9-6-8-14(13-15)20-3;/h6,8-9,13H,4-5,7,10-12H2,1-3H3,(H2,17,18,19);1H. The molecule has 126 valence electrons. The van der Waals surface area contributed by atoms with E-state index in [0.717, 1.165) is 49.9 Å². The summed E-state index contributed by atoms with van der Waals surface area (Å²) in [5.41, 5.74) is 0. The highest BCUT2D eigenvalue weighted by atomic mass is 127. The van der Waals surface area contributed by atoms with Crippen molar-refractivity contribution in [2.45, 2.75) is 26.7 Å². The second kappa shape index (κ2) is 13.5. The Bertz CT molecular complexity index is 428. The van der Waals surface area contributed by atoms with Crippen molar-refractivity contribution in [3.63, 3.8) is 0 Å². The Morgan fingerprint density at radius 2 is 1.95 bits per heavy atom. The van der Waals surface area contributed by atoms with Gasteiger partial charge < -0.3 is 20.1 Å². The zero-order valence-corrected chi connectivity index (χ0v) is 16.1. The molecule has 5 nitrogen and oxygen atoms in total. The summed E-state index contributed by atoms with van der Waals surface area (Å²) in [6.07, 6.45) is 1.96. The first-order valence-corrected chi connectivity index (χ1v) is 7.59. The van der Waals surface area contributed by atoms with Crippen molar-refractivity contribution in [2.24, 2.45) is 4.99 Å². The summed E-state index contributed by atoms with van der Waals surface area (Å²) < 4.78 is 10.9. The van der Waals surface area contributed by atoms with Crippen molar-refractivity contribution >= 4 is 29.9 Å². The Hall–Kier alpha value is -1.18. The number of aliphatic imine (C=N–C) groups is 1. The van der Waals surface area contributed by atoms with Gasteiger partial charge >= 0.3 is 0 Å². The van der Waals surface area contributed by atoms with Crippen LogP contribution < -0.4 is 20.1 Å². The molecule has 0 aromatic heterocycles. The first-order valence-electron chi connectivity index (χ1n) is 7.59. The van der Waals surface area contributed by atoms with Crippen LogP contribution in [0.1, 0.15) is 26.7 Å². The van der Waals surface area contributed by atoms with Gasteiger partial charge in [-0.25, -0.2) is 0 Å². The van der Waals surface area contributed by atoms with Crippen molar-refractivity contribution in [1.29, 1.82) is 0 Å². The van der Waals surface area contributed by atoms with Gasteiger partial charge in [0.15, 0.2) is 5.96 Å². The molecular formula is C16H28IN3O2. The lowest BCUT2D eigenvalue weighted by Gasteiger charge is -2.11. The number of rotatable bonds is 9. The first kappa shape index (κ1) is 20.8. The Morgan fingerprint density at radius 3 is 2.64 bits per heavy atom. The van der Waals surface area contributed by atoms with Crippen molar-refractivity contribution in [3.8, 4) is 11.5 Å². The van der Waals surface area contributed by atoms with E-state index in [9.17, 15) is 0 Å². The van der Waals surface area contributed by atoms with E-state index in [-0.39, 0.29) is 24.0 Å². The normalized spacial score (nSPS) is 10.6. The molecule has 0 unspecified atom stereocenters. The van der Waals surface area contributed by atoms with Crippen LogP contribution in [0.4, 0.5) is 0 Å². The number of benzene rings is 1. The lowest BCUT2D eigenvalue weighted by molar-refractivity contribution is 0.308. The molecule has 0 aliphatic rings. The second-order valence-corrected chi connectivity index (χ2v) is 4.57. The summed E-state index contributed by atoms with van der Waals surface area (Å²) in [7, 11) is 1.65. The SMILES string of the molecule is CCCN=C(NCC)NCCCOc1cccc(OC)c1.I. The second-order valence-electron chi connectivity index (χ2n) is 4.57. The number of hydrogen-bond acceptors (Lipinski definition) is 3. The van der Waals surface area contributed by atoms with Crippen LogP contribution in [0, 0.1) is 0 Å². The van der Waals surface area contributed by atoms with E-state index in [0.29, 0.717) is 6.61 Å². The minimum atomic E-state index is 0.